The molecule has 1 atom stereocenters. The molecule has 0 heterocycles. The molecular formula is C16H17BrFNO. The van der Waals surface area contributed by atoms with Crippen molar-refractivity contribution in [3.8, 4) is 5.75 Å². The van der Waals surface area contributed by atoms with Crippen LogP contribution in [0.3, 0.4) is 0 Å². The summed E-state index contributed by atoms with van der Waals surface area (Å²) in [6, 6.07) is 13.2. The average Bonchev–Trinajstić information content (AvgIpc) is 2.47. The Morgan fingerprint density at radius 3 is 2.50 bits per heavy atom. The number of halogens is 2. The predicted octanol–water partition coefficient (Wildman–Crippen LogP) is 4.10. The standard InChI is InChI=1S/C16H17BrFNO/c1-19-14(10-11-6-8-12(17)9-7-11)13-4-3-5-15(20-2)16(13)18/h3-9,14,19H,10H2,1-2H3. The van der Waals surface area contributed by atoms with E-state index in [4.69, 9.17) is 4.74 Å². The van der Waals surface area contributed by atoms with E-state index in [2.05, 4.69) is 21.2 Å². The number of rotatable bonds is 5. The van der Waals surface area contributed by atoms with E-state index >= 15 is 0 Å². The van der Waals surface area contributed by atoms with Gasteiger partial charge in [0.2, 0.25) is 0 Å². The molecule has 0 aromatic heterocycles. The van der Waals surface area contributed by atoms with E-state index in [1.165, 1.54) is 7.11 Å². The van der Waals surface area contributed by atoms with E-state index in [0.29, 0.717) is 12.0 Å². The lowest BCUT2D eigenvalue weighted by Gasteiger charge is -2.18. The Bertz CT molecular complexity index is 571. The van der Waals surface area contributed by atoms with Crippen LogP contribution in [0, 0.1) is 5.82 Å². The number of hydrogen-bond donors (Lipinski definition) is 1. The highest BCUT2D eigenvalue weighted by Crippen LogP contribution is 2.27. The van der Waals surface area contributed by atoms with Gasteiger partial charge in [0.05, 0.1) is 7.11 Å². The lowest BCUT2D eigenvalue weighted by atomic mass is 9.98. The second-order valence-corrected chi connectivity index (χ2v) is 5.45. The Kier molecular flexibility index (Phi) is 5.15. The summed E-state index contributed by atoms with van der Waals surface area (Å²) in [6.45, 7) is 0. The maximum atomic E-state index is 14.3. The van der Waals surface area contributed by atoms with Gasteiger partial charge in [-0.25, -0.2) is 4.39 Å². The van der Waals surface area contributed by atoms with Crippen molar-refractivity contribution >= 4 is 15.9 Å². The Hall–Kier alpha value is -1.39. The molecule has 0 aliphatic carbocycles. The Morgan fingerprint density at radius 2 is 1.90 bits per heavy atom. The predicted molar refractivity (Wildman–Crippen MR) is 82.6 cm³/mol. The van der Waals surface area contributed by atoms with Gasteiger partial charge in [-0.1, -0.05) is 40.2 Å². The third kappa shape index (κ3) is 3.38. The number of likely N-dealkylation sites (N-methyl/N-ethyl adjacent to an activating group) is 1. The number of benzene rings is 2. The maximum absolute atomic E-state index is 14.3. The molecule has 0 spiro atoms. The fraction of sp³-hybridized carbons (Fsp3) is 0.250. The molecule has 2 nitrogen and oxygen atoms in total. The second-order valence-electron chi connectivity index (χ2n) is 4.54. The van der Waals surface area contributed by atoms with Gasteiger partial charge in [-0.15, -0.1) is 0 Å². The van der Waals surface area contributed by atoms with E-state index < -0.39 is 0 Å². The summed E-state index contributed by atoms with van der Waals surface area (Å²) >= 11 is 3.41. The summed E-state index contributed by atoms with van der Waals surface area (Å²) in [4.78, 5) is 0. The van der Waals surface area contributed by atoms with Crippen LogP contribution in [0.2, 0.25) is 0 Å². The van der Waals surface area contributed by atoms with Gasteiger partial charge in [-0.2, -0.15) is 0 Å². The van der Waals surface area contributed by atoms with Gasteiger partial charge >= 0.3 is 0 Å². The van der Waals surface area contributed by atoms with Crippen molar-refractivity contribution in [2.24, 2.45) is 0 Å². The average molecular weight is 338 g/mol. The zero-order valence-electron chi connectivity index (χ0n) is 11.5. The van der Waals surface area contributed by atoms with Gasteiger partial charge in [-0.05, 0) is 37.2 Å². The quantitative estimate of drug-likeness (QED) is 0.886. The minimum absolute atomic E-state index is 0.0914. The highest BCUT2D eigenvalue weighted by Gasteiger charge is 2.17. The van der Waals surface area contributed by atoms with E-state index in [0.717, 1.165) is 10.0 Å². The molecule has 0 saturated carbocycles. The summed E-state index contributed by atoms with van der Waals surface area (Å²) in [7, 11) is 3.31. The van der Waals surface area contributed by atoms with Crippen LogP contribution in [-0.4, -0.2) is 14.2 Å². The zero-order valence-corrected chi connectivity index (χ0v) is 13.1. The first-order chi connectivity index (χ1) is 9.65. The topological polar surface area (TPSA) is 21.3 Å². The van der Waals surface area contributed by atoms with E-state index in [1.807, 2.05) is 37.4 Å². The summed E-state index contributed by atoms with van der Waals surface area (Å²) in [5.74, 6) is -0.0231. The van der Waals surface area contributed by atoms with Gasteiger partial charge in [0.1, 0.15) is 0 Å². The number of ether oxygens (including phenoxy) is 1. The van der Waals surface area contributed by atoms with Crippen LogP contribution in [-0.2, 0) is 6.42 Å². The molecule has 0 amide bonds. The molecule has 2 rings (SSSR count). The van der Waals surface area contributed by atoms with Gasteiger partial charge < -0.3 is 10.1 Å². The van der Waals surface area contributed by atoms with E-state index in [1.54, 1.807) is 12.1 Å². The molecule has 0 aliphatic rings. The van der Waals surface area contributed by atoms with Crippen molar-refractivity contribution in [3.05, 3.63) is 63.9 Å². The monoisotopic (exact) mass is 337 g/mol. The molecule has 106 valence electrons. The van der Waals surface area contributed by atoms with Gasteiger partial charge in [-0.3, -0.25) is 0 Å². The van der Waals surface area contributed by atoms with Crippen molar-refractivity contribution in [1.29, 1.82) is 0 Å². The molecule has 2 aromatic rings. The largest absolute Gasteiger partial charge is 0.494 e. The van der Waals surface area contributed by atoms with Crippen LogP contribution in [0.25, 0.3) is 0 Å². The number of methoxy groups -OCH3 is 1. The zero-order chi connectivity index (χ0) is 14.5. The lowest BCUT2D eigenvalue weighted by molar-refractivity contribution is 0.380. The molecule has 1 N–H and O–H groups in total. The van der Waals surface area contributed by atoms with E-state index in [9.17, 15) is 4.39 Å². The fourth-order valence-corrected chi connectivity index (χ4v) is 2.44. The fourth-order valence-electron chi connectivity index (χ4n) is 2.18. The first-order valence-corrected chi connectivity index (χ1v) is 7.19. The number of hydrogen-bond acceptors (Lipinski definition) is 2. The normalized spacial score (nSPS) is 12.2. The maximum Gasteiger partial charge on any atom is 0.169 e. The highest BCUT2D eigenvalue weighted by molar-refractivity contribution is 9.10. The van der Waals surface area contributed by atoms with Crippen LogP contribution in [0.4, 0.5) is 4.39 Å². The smallest absolute Gasteiger partial charge is 0.169 e. The van der Waals surface area contributed by atoms with Crippen LogP contribution < -0.4 is 10.1 Å². The van der Waals surface area contributed by atoms with Crippen LogP contribution in [0.5, 0.6) is 5.75 Å². The molecule has 0 fully saturated rings. The van der Waals surface area contributed by atoms with Gasteiger partial charge in [0.25, 0.3) is 0 Å². The molecular weight excluding hydrogens is 321 g/mol. The summed E-state index contributed by atoms with van der Waals surface area (Å²) in [5, 5.41) is 3.17. The molecule has 0 bridgehead atoms. The summed E-state index contributed by atoms with van der Waals surface area (Å²) in [5.41, 5.74) is 1.77. The lowest BCUT2D eigenvalue weighted by Crippen LogP contribution is -2.20. The highest BCUT2D eigenvalue weighted by atomic mass is 79.9. The Morgan fingerprint density at radius 1 is 1.20 bits per heavy atom. The van der Waals surface area contributed by atoms with Crippen molar-refractivity contribution in [2.45, 2.75) is 12.5 Å². The van der Waals surface area contributed by atoms with Gasteiger partial charge in [0, 0.05) is 16.1 Å². The minimum Gasteiger partial charge on any atom is -0.494 e. The molecule has 0 saturated heterocycles. The molecule has 0 radical (unpaired) electrons. The van der Waals surface area contributed by atoms with Crippen molar-refractivity contribution < 1.29 is 9.13 Å². The molecule has 20 heavy (non-hydrogen) atoms. The third-order valence-corrected chi connectivity index (χ3v) is 3.82. The van der Waals surface area contributed by atoms with Crippen LogP contribution in [0.15, 0.2) is 46.9 Å². The van der Waals surface area contributed by atoms with E-state index in [-0.39, 0.29) is 17.6 Å². The third-order valence-electron chi connectivity index (χ3n) is 3.29. The summed E-state index contributed by atoms with van der Waals surface area (Å²) in [6.07, 6.45) is 0.716. The molecule has 1 unspecified atom stereocenters. The first-order valence-electron chi connectivity index (χ1n) is 6.39. The Labute approximate surface area is 127 Å². The molecule has 0 aliphatic heterocycles. The van der Waals surface area contributed by atoms with Crippen LogP contribution >= 0.6 is 15.9 Å². The SMILES string of the molecule is CNC(Cc1ccc(Br)cc1)c1cccc(OC)c1F. The van der Waals surface area contributed by atoms with Crippen molar-refractivity contribution in [1.82, 2.24) is 5.32 Å². The van der Waals surface area contributed by atoms with Crippen LogP contribution in [0.1, 0.15) is 17.2 Å². The van der Waals surface area contributed by atoms with Crippen molar-refractivity contribution in [3.63, 3.8) is 0 Å². The Balaban J connectivity index is 2.26. The van der Waals surface area contributed by atoms with Gasteiger partial charge in [0.15, 0.2) is 11.6 Å². The molecule has 4 heteroatoms. The minimum atomic E-state index is -0.300. The first kappa shape index (κ1) is 15.0. The number of nitrogens with one attached hydrogen (secondary N) is 1. The second kappa shape index (κ2) is 6.86. The summed E-state index contributed by atoms with van der Waals surface area (Å²) < 4.78 is 20.4. The molecule has 2 aromatic carbocycles. The van der Waals surface area contributed by atoms with Crippen molar-refractivity contribution in [2.75, 3.05) is 14.2 Å².